The van der Waals surface area contributed by atoms with Crippen LogP contribution in [0.4, 0.5) is 11.4 Å². The average molecular weight is 391 g/mol. The summed E-state index contributed by atoms with van der Waals surface area (Å²) >= 11 is 0. The highest BCUT2D eigenvalue weighted by Gasteiger charge is 2.16. The summed E-state index contributed by atoms with van der Waals surface area (Å²) in [7, 11) is -3.59. The molecule has 0 aliphatic carbocycles. The number of hydrogen-bond donors (Lipinski definition) is 2. The maximum atomic E-state index is 12.2. The molecule has 0 heterocycles. The molecular formula is C18H21N3O5S. The Hall–Kier alpha value is -2.78. The minimum Gasteiger partial charge on any atom is -0.326 e. The molecule has 0 spiro atoms. The van der Waals surface area contributed by atoms with Gasteiger partial charge in [-0.05, 0) is 43.2 Å². The molecule has 0 fully saturated rings. The van der Waals surface area contributed by atoms with Crippen LogP contribution in [0.1, 0.15) is 25.8 Å². The van der Waals surface area contributed by atoms with Crippen molar-refractivity contribution in [1.29, 1.82) is 0 Å². The van der Waals surface area contributed by atoms with E-state index in [2.05, 4.69) is 10.0 Å². The Morgan fingerprint density at radius 1 is 1.11 bits per heavy atom. The molecule has 0 aliphatic heterocycles. The van der Waals surface area contributed by atoms with Crippen molar-refractivity contribution < 1.29 is 18.1 Å². The number of rotatable bonds is 8. The van der Waals surface area contributed by atoms with Crippen molar-refractivity contribution in [1.82, 2.24) is 4.72 Å². The fourth-order valence-electron chi connectivity index (χ4n) is 2.26. The molecule has 1 amide bonds. The predicted molar refractivity (Wildman–Crippen MR) is 102 cm³/mol. The number of benzene rings is 2. The number of nitro benzene ring substituents is 1. The molecule has 2 aromatic rings. The number of nitrogens with one attached hydrogen (secondary N) is 2. The number of anilines is 1. The molecule has 2 aromatic carbocycles. The molecule has 2 N–H and O–H groups in total. The van der Waals surface area contributed by atoms with Gasteiger partial charge < -0.3 is 5.32 Å². The van der Waals surface area contributed by atoms with Crippen LogP contribution in [0.15, 0.2) is 53.4 Å². The van der Waals surface area contributed by atoms with Gasteiger partial charge in [0, 0.05) is 23.9 Å². The molecule has 0 saturated heterocycles. The van der Waals surface area contributed by atoms with Gasteiger partial charge in [0.2, 0.25) is 15.9 Å². The quantitative estimate of drug-likeness (QED) is 0.530. The zero-order chi connectivity index (χ0) is 20.0. The van der Waals surface area contributed by atoms with E-state index >= 15 is 0 Å². The monoisotopic (exact) mass is 391 g/mol. The summed E-state index contributed by atoms with van der Waals surface area (Å²) in [6.45, 7) is 3.67. The van der Waals surface area contributed by atoms with Gasteiger partial charge in [-0.25, -0.2) is 13.1 Å². The number of carbonyl (C=O) groups excluding carboxylic acids is 1. The van der Waals surface area contributed by atoms with E-state index in [-0.39, 0.29) is 29.0 Å². The van der Waals surface area contributed by atoms with E-state index in [1.54, 1.807) is 6.92 Å². The third-order valence-electron chi connectivity index (χ3n) is 3.93. The Morgan fingerprint density at radius 2 is 1.70 bits per heavy atom. The molecule has 1 atom stereocenters. The number of nitrogens with zero attached hydrogens (tertiary/aromatic N) is 1. The lowest BCUT2D eigenvalue weighted by Crippen LogP contribution is -2.31. The van der Waals surface area contributed by atoms with Gasteiger partial charge in [0.05, 0.1) is 16.2 Å². The molecule has 0 aromatic heterocycles. The van der Waals surface area contributed by atoms with Crippen molar-refractivity contribution in [2.45, 2.75) is 37.6 Å². The van der Waals surface area contributed by atoms with Crippen LogP contribution in [0.25, 0.3) is 0 Å². The highest BCUT2D eigenvalue weighted by molar-refractivity contribution is 7.89. The fraction of sp³-hybridized carbons (Fsp3) is 0.278. The SMILES string of the molecule is CCC(C)NS(=O)(=O)c1ccc(NC(=O)Cc2ccc([N+](=O)[O-])cc2)cc1. The summed E-state index contributed by atoms with van der Waals surface area (Å²) in [5, 5.41) is 13.3. The minimum absolute atomic E-state index is 0.0399. The molecule has 9 heteroatoms. The standard InChI is InChI=1S/C18H21N3O5S/c1-3-13(2)20-27(25,26)17-10-6-15(7-11-17)19-18(22)12-14-4-8-16(9-5-14)21(23)24/h4-11,13,20H,3,12H2,1-2H3,(H,19,22). The van der Waals surface area contributed by atoms with Gasteiger partial charge in [-0.15, -0.1) is 0 Å². The lowest BCUT2D eigenvalue weighted by Gasteiger charge is -2.12. The van der Waals surface area contributed by atoms with Crippen LogP contribution in [0.3, 0.4) is 0 Å². The summed E-state index contributed by atoms with van der Waals surface area (Å²) in [6.07, 6.45) is 0.726. The van der Waals surface area contributed by atoms with Crippen molar-refractivity contribution in [3.05, 3.63) is 64.2 Å². The minimum atomic E-state index is -3.59. The molecule has 0 saturated carbocycles. The Bertz CT molecular complexity index is 909. The molecule has 0 bridgehead atoms. The number of nitro groups is 1. The van der Waals surface area contributed by atoms with Gasteiger partial charge in [-0.1, -0.05) is 19.1 Å². The van der Waals surface area contributed by atoms with E-state index in [1.165, 1.54) is 48.5 Å². The predicted octanol–water partition coefficient (Wildman–Crippen LogP) is 2.85. The summed E-state index contributed by atoms with van der Waals surface area (Å²) in [5.74, 6) is -0.308. The van der Waals surface area contributed by atoms with E-state index in [9.17, 15) is 23.3 Å². The smallest absolute Gasteiger partial charge is 0.269 e. The first-order chi connectivity index (χ1) is 12.7. The number of sulfonamides is 1. The van der Waals surface area contributed by atoms with Crippen molar-refractivity contribution in [3.8, 4) is 0 Å². The van der Waals surface area contributed by atoms with Crippen LogP contribution in [0, 0.1) is 10.1 Å². The van der Waals surface area contributed by atoms with Crippen LogP contribution in [0.2, 0.25) is 0 Å². The summed E-state index contributed by atoms with van der Waals surface area (Å²) in [5.41, 5.74) is 1.06. The number of amides is 1. The lowest BCUT2D eigenvalue weighted by molar-refractivity contribution is -0.384. The van der Waals surface area contributed by atoms with Crippen LogP contribution in [-0.4, -0.2) is 25.3 Å². The Balaban J connectivity index is 1.99. The van der Waals surface area contributed by atoms with E-state index in [0.717, 1.165) is 0 Å². The third-order valence-corrected chi connectivity index (χ3v) is 5.53. The molecule has 0 aliphatic rings. The Kier molecular flexibility index (Phi) is 6.65. The molecular weight excluding hydrogens is 370 g/mol. The zero-order valence-corrected chi connectivity index (χ0v) is 15.8. The van der Waals surface area contributed by atoms with Crippen molar-refractivity contribution in [2.75, 3.05) is 5.32 Å². The highest BCUT2D eigenvalue weighted by Crippen LogP contribution is 2.16. The average Bonchev–Trinajstić information content (AvgIpc) is 2.62. The summed E-state index contributed by atoms with van der Waals surface area (Å²) in [6, 6.07) is 11.4. The molecule has 144 valence electrons. The van der Waals surface area contributed by atoms with E-state index in [4.69, 9.17) is 0 Å². The molecule has 2 rings (SSSR count). The first-order valence-electron chi connectivity index (χ1n) is 8.37. The Morgan fingerprint density at radius 3 is 2.22 bits per heavy atom. The Labute approximate surface area is 157 Å². The zero-order valence-electron chi connectivity index (χ0n) is 15.0. The first-order valence-corrected chi connectivity index (χ1v) is 9.85. The molecule has 8 nitrogen and oxygen atoms in total. The summed E-state index contributed by atoms with van der Waals surface area (Å²) in [4.78, 5) is 22.3. The third kappa shape index (κ3) is 5.87. The highest BCUT2D eigenvalue weighted by atomic mass is 32.2. The molecule has 1 unspecified atom stereocenters. The van der Waals surface area contributed by atoms with Gasteiger partial charge in [0.1, 0.15) is 0 Å². The first kappa shape index (κ1) is 20.5. The normalized spacial score (nSPS) is 12.4. The van der Waals surface area contributed by atoms with Gasteiger partial charge >= 0.3 is 0 Å². The van der Waals surface area contributed by atoms with Crippen molar-refractivity contribution in [2.24, 2.45) is 0 Å². The van der Waals surface area contributed by atoms with Gasteiger partial charge in [0.15, 0.2) is 0 Å². The van der Waals surface area contributed by atoms with Crippen molar-refractivity contribution in [3.63, 3.8) is 0 Å². The van der Waals surface area contributed by atoms with E-state index in [1.807, 2.05) is 6.92 Å². The lowest BCUT2D eigenvalue weighted by atomic mass is 10.1. The van der Waals surface area contributed by atoms with Gasteiger partial charge in [-0.2, -0.15) is 0 Å². The fourth-order valence-corrected chi connectivity index (χ4v) is 3.59. The molecule has 27 heavy (non-hydrogen) atoms. The second-order valence-electron chi connectivity index (χ2n) is 6.10. The van der Waals surface area contributed by atoms with Gasteiger partial charge in [-0.3, -0.25) is 14.9 Å². The maximum absolute atomic E-state index is 12.2. The number of carbonyl (C=O) groups is 1. The van der Waals surface area contributed by atoms with Crippen LogP contribution in [-0.2, 0) is 21.2 Å². The molecule has 0 radical (unpaired) electrons. The second-order valence-corrected chi connectivity index (χ2v) is 7.82. The number of hydrogen-bond acceptors (Lipinski definition) is 5. The van der Waals surface area contributed by atoms with Gasteiger partial charge in [0.25, 0.3) is 5.69 Å². The summed E-state index contributed by atoms with van der Waals surface area (Å²) < 4.78 is 27.0. The number of non-ortho nitro benzene ring substituents is 1. The van der Waals surface area contributed by atoms with Crippen LogP contribution in [0.5, 0.6) is 0 Å². The second kappa shape index (κ2) is 8.74. The van der Waals surface area contributed by atoms with Crippen molar-refractivity contribution >= 4 is 27.3 Å². The topological polar surface area (TPSA) is 118 Å². The van der Waals surface area contributed by atoms with Crippen LogP contribution >= 0.6 is 0 Å². The van der Waals surface area contributed by atoms with E-state index in [0.29, 0.717) is 17.7 Å². The largest absolute Gasteiger partial charge is 0.326 e. The van der Waals surface area contributed by atoms with Crippen LogP contribution < -0.4 is 10.0 Å². The van der Waals surface area contributed by atoms with E-state index < -0.39 is 14.9 Å². The maximum Gasteiger partial charge on any atom is 0.269 e.